The van der Waals surface area contributed by atoms with Gasteiger partial charge in [-0.25, -0.2) is 9.97 Å². The average molecular weight is 339 g/mol. The van der Waals surface area contributed by atoms with E-state index in [9.17, 15) is 4.79 Å². The van der Waals surface area contributed by atoms with E-state index in [1.807, 2.05) is 6.07 Å². The van der Waals surface area contributed by atoms with Gasteiger partial charge in [0, 0.05) is 25.2 Å². The molecule has 5 N–H and O–H groups in total. The van der Waals surface area contributed by atoms with Crippen molar-refractivity contribution in [3.63, 3.8) is 0 Å². The number of nitriles is 1. The number of nitrogens with one attached hydrogen (secondary N) is 3. The van der Waals surface area contributed by atoms with Gasteiger partial charge in [-0.05, 0) is 12.8 Å². The van der Waals surface area contributed by atoms with Gasteiger partial charge in [0.15, 0.2) is 17.2 Å². The number of nitrogens with zero attached hydrogens (tertiary/aromatic N) is 5. The number of carbonyl (C=O) groups excluding carboxylic acids is 1. The molecule has 25 heavy (non-hydrogen) atoms. The summed E-state index contributed by atoms with van der Waals surface area (Å²) in [7, 11) is 1.53. The van der Waals surface area contributed by atoms with E-state index in [1.54, 1.807) is 6.07 Å². The summed E-state index contributed by atoms with van der Waals surface area (Å²) < 4.78 is 0. The van der Waals surface area contributed by atoms with Crippen molar-refractivity contribution in [1.29, 1.82) is 5.26 Å². The molecule has 0 aliphatic heterocycles. The van der Waals surface area contributed by atoms with Crippen LogP contribution >= 0.6 is 0 Å². The third-order valence-corrected chi connectivity index (χ3v) is 3.79. The molecule has 0 aromatic carbocycles. The van der Waals surface area contributed by atoms with Gasteiger partial charge in [0.05, 0.1) is 18.1 Å². The number of anilines is 3. The van der Waals surface area contributed by atoms with E-state index < -0.39 is 0 Å². The number of aromatic nitrogens is 4. The fourth-order valence-corrected chi connectivity index (χ4v) is 2.43. The Bertz CT molecular complexity index is 809. The second-order valence-corrected chi connectivity index (χ2v) is 5.67. The number of hydrogen-bond acceptors (Lipinski definition) is 9. The molecule has 128 valence electrons. The Morgan fingerprint density at radius 2 is 2.08 bits per heavy atom. The van der Waals surface area contributed by atoms with Crippen LogP contribution in [0.5, 0.6) is 0 Å². The fourth-order valence-electron chi connectivity index (χ4n) is 2.43. The van der Waals surface area contributed by atoms with Gasteiger partial charge >= 0.3 is 0 Å². The van der Waals surface area contributed by atoms with Crippen LogP contribution in [-0.4, -0.2) is 45.2 Å². The van der Waals surface area contributed by atoms with Gasteiger partial charge < -0.3 is 21.7 Å². The van der Waals surface area contributed by atoms with E-state index in [4.69, 9.17) is 11.0 Å². The Hall–Kier alpha value is -3.32. The van der Waals surface area contributed by atoms with Gasteiger partial charge in [-0.15, -0.1) is 10.2 Å². The fraction of sp³-hybridized carbons (Fsp3) is 0.333. The molecule has 0 spiro atoms. The number of rotatable bonds is 5. The van der Waals surface area contributed by atoms with Crippen molar-refractivity contribution in [2.24, 2.45) is 5.73 Å². The van der Waals surface area contributed by atoms with Crippen molar-refractivity contribution in [2.75, 3.05) is 17.7 Å². The van der Waals surface area contributed by atoms with Crippen LogP contribution in [0.25, 0.3) is 0 Å². The Labute approximate surface area is 143 Å². The molecular weight excluding hydrogens is 322 g/mol. The highest BCUT2D eigenvalue weighted by atomic mass is 16.1. The molecule has 3 rings (SSSR count). The second kappa shape index (κ2) is 7.06. The van der Waals surface area contributed by atoms with Crippen molar-refractivity contribution in [3.8, 4) is 6.07 Å². The molecule has 10 heteroatoms. The lowest BCUT2D eigenvalue weighted by atomic mass is 9.87. The lowest BCUT2D eigenvalue weighted by Gasteiger charge is -2.34. The predicted octanol–water partition coefficient (Wildman–Crippen LogP) is 0.143. The average Bonchev–Trinajstić information content (AvgIpc) is 2.61. The molecule has 2 aromatic rings. The van der Waals surface area contributed by atoms with Crippen molar-refractivity contribution < 1.29 is 4.79 Å². The lowest BCUT2D eigenvalue weighted by Crippen LogP contribution is -2.44. The second-order valence-electron chi connectivity index (χ2n) is 5.67. The van der Waals surface area contributed by atoms with Crippen LogP contribution in [0.2, 0.25) is 0 Å². The summed E-state index contributed by atoms with van der Waals surface area (Å²) in [5, 5.41) is 25.5. The first-order valence-electron chi connectivity index (χ1n) is 7.70. The Morgan fingerprint density at radius 3 is 2.68 bits per heavy atom. The van der Waals surface area contributed by atoms with Crippen LogP contribution in [-0.2, 0) is 0 Å². The number of nitrogens with two attached hydrogens (primary N) is 1. The van der Waals surface area contributed by atoms with Crippen LogP contribution in [0.3, 0.4) is 0 Å². The molecular formula is C15H17N9O. The van der Waals surface area contributed by atoms with E-state index in [2.05, 4.69) is 36.1 Å². The van der Waals surface area contributed by atoms with Gasteiger partial charge in [0.1, 0.15) is 11.9 Å². The van der Waals surface area contributed by atoms with E-state index in [0.29, 0.717) is 17.3 Å². The minimum absolute atomic E-state index is 0.183. The zero-order chi connectivity index (χ0) is 17.8. The standard InChI is InChI=1S/C15H17N9O/c1-18-15(25)14-11(21-9-2-8(17)3-9)4-12(23-24-14)22-13-7-19-10(5-16)6-20-13/h4,6-9H,2-3,17H2,1H3,(H,18,25)(H2,20,21,22,23). The molecule has 2 aromatic heterocycles. The highest BCUT2D eigenvalue weighted by Gasteiger charge is 2.27. The van der Waals surface area contributed by atoms with Gasteiger partial charge in [0.25, 0.3) is 5.91 Å². The highest BCUT2D eigenvalue weighted by molar-refractivity contribution is 5.97. The smallest absolute Gasteiger partial charge is 0.273 e. The SMILES string of the molecule is CNC(=O)c1nnc(Nc2cnc(C#N)cn2)cc1NC1CC(N)C1. The zero-order valence-corrected chi connectivity index (χ0v) is 13.5. The summed E-state index contributed by atoms with van der Waals surface area (Å²) in [6, 6.07) is 3.96. The Morgan fingerprint density at radius 1 is 1.28 bits per heavy atom. The van der Waals surface area contributed by atoms with E-state index in [0.717, 1.165) is 12.8 Å². The predicted molar refractivity (Wildman–Crippen MR) is 90.1 cm³/mol. The molecule has 1 aliphatic carbocycles. The lowest BCUT2D eigenvalue weighted by molar-refractivity contribution is 0.0958. The molecule has 0 saturated heterocycles. The van der Waals surface area contributed by atoms with Crippen molar-refractivity contribution in [1.82, 2.24) is 25.5 Å². The van der Waals surface area contributed by atoms with E-state index >= 15 is 0 Å². The maximum Gasteiger partial charge on any atom is 0.273 e. The summed E-state index contributed by atoms with van der Waals surface area (Å²) >= 11 is 0. The van der Waals surface area contributed by atoms with Gasteiger partial charge in [-0.2, -0.15) is 5.26 Å². The first-order valence-corrected chi connectivity index (χ1v) is 7.70. The number of hydrogen-bond donors (Lipinski definition) is 4. The van der Waals surface area contributed by atoms with E-state index in [1.165, 1.54) is 19.4 Å². The minimum atomic E-state index is -0.330. The van der Waals surface area contributed by atoms with E-state index in [-0.39, 0.29) is 29.4 Å². The first-order chi connectivity index (χ1) is 12.1. The van der Waals surface area contributed by atoms with Crippen molar-refractivity contribution >= 4 is 23.2 Å². The first kappa shape index (κ1) is 16.5. The summed E-state index contributed by atoms with van der Waals surface area (Å²) in [5.74, 6) is 0.485. The van der Waals surface area contributed by atoms with Crippen LogP contribution in [0.1, 0.15) is 29.0 Å². The normalized spacial score (nSPS) is 18.6. The molecule has 1 amide bonds. The molecule has 0 unspecified atom stereocenters. The molecule has 0 atom stereocenters. The zero-order valence-electron chi connectivity index (χ0n) is 13.5. The van der Waals surface area contributed by atoms with Gasteiger partial charge in [0.2, 0.25) is 0 Å². The maximum atomic E-state index is 12.0. The molecule has 2 heterocycles. The third kappa shape index (κ3) is 3.78. The Kier molecular flexibility index (Phi) is 4.67. The molecule has 0 radical (unpaired) electrons. The largest absolute Gasteiger partial charge is 0.380 e. The summed E-state index contributed by atoms with van der Waals surface area (Å²) in [5.41, 5.74) is 6.80. The van der Waals surface area contributed by atoms with Gasteiger partial charge in [-0.3, -0.25) is 4.79 Å². The Balaban J connectivity index is 1.81. The topological polar surface area (TPSA) is 155 Å². The third-order valence-electron chi connectivity index (χ3n) is 3.79. The molecule has 10 nitrogen and oxygen atoms in total. The van der Waals surface area contributed by atoms with Crippen LogP contribution in [0.4, 0.5) is 17.3 Å². The minimum Gasteiger partial charge on any atom is -0.380 e. The molecule has 1 aliphatic rings. The van der Waals surface area contributed by atoms with Crippen LogP contribution in [0.15, 0.2) is 18.5 Å². The molecule has 1 fully saturated rings. The van der Waals surface area contributed by atoms with Crippen LogP contribution in [0, 0.1) is 11.3 Å². The number of amides is 1. The number of carbonyl (C=O) groups is 1. The molecule has 0 bridgehead atoms. The summed E-state index contributed by atoms with van der Waals surface area (Å²) in [4.78, 5) is 20.0. The monoisotopic (exact) mass is 339 g/mol. The van der Waals surface area contributed by atoms with Crippen molar-refractivity contribution in [2.45, 2.75) is 24.9 Å². The van der Waals surface area contributed by atoms with Gasteiger partial charge in [-0.1, -0.05) is 0 Å². The van der Waals surface area contributed by atoms with Crippen LogP contribution < -0.4 is 21.7 Å². The quantitative estimate of drug-likeness (QED) is 0.595. The molecule has 1 saturated carbocycles. The summed E-state index contributed by atoms with van der Waals surface area (Å²) in [6.07, 6.45) is 4.44. The van der Waals surface area contributed by atoms with Crippen molar-refractivity contribution in [3.05, 3.63) is 29.8 Å². The summed E-state index contributed by atoms with van der Waals surface area (Å²) in [6.45, 7) is 0. The maximum absolute atomic E-state index is 12.0. The highest BCUT2D eigenvalue weighted by Crippen LogP contribution is 2.26.